The van der Waals surface area contributed by atoms with E-state index in [-0.39, 0.29) is 12.1 Å². The fourth-order valence-electron chi connectivity index (χ4n) is 1.67. The zero-order valence-electron chi connectivity index (χ0n) is 10.5. The van der Waals surface area contributed by atoms with Crippen LogP contribution in [0, 0.1) is 0 Å². The highest BCUT2D eigenvalue weighted by Gasteiger charge is 2.08. The third-order valence-corrected chi connectivity index (χ3v) is 2.59. The van der Waals surface area contributed by atoms with Crippen LogP contribution in [0.2, 0.25) is 0 Å². The monoisotopic (exact) mass is 264 g/mol. The Hall–Kier alpha value is -2.28. The fourth-order valence-corrected chi connectivity index (χ4v) is 1.67. The lowest BCUT2D eigenvalue weighted by Gasteiger charge is -2.12. The molecule has 0 bridgehead atoms. The van der Waals surface area contributed by atoms with Gasteiger partial charge in [0.05, 0.1) is 13.2 Å². The number of benzene rings is 1. The van der Waals surface area contributed by atoms with Gasteiger partial charge in [-0.05, 0) is 12.1 Å². The highest BCUT2D eigenvalue weighted by atomic mass is 16.5. The minimum Gasteiger partial charge on any atom is -0.497 e. The predicted octanol–water partition coefficient (Wildman–Crippen LogP) is 0.122. The summed E-state index contributed by atoms with van der Waals surface area (Å²) in [4.78, 5) is 13.3. The van der Waals surface area contributed by atoms with Gasteiger partial charge in [0.2, 0.25) is 0 Å². The molecule has 102 valence electrons. The van der Waals surface area contributed by atoms with Crippen molar-refractivity contribution < 1.29 is 9.84 Å². The fraction of sp³-hybridized carbons (Fsp3) is 0.333. The van der Waals surface area contributed by atoms with E-state index >= 15 is 0 Å². The largest absolute Gasteiger partial charge is 0.497 e. The Kier molecular flexibility index (Phi) is 4.19. The van der Waals surface area contributed by atoms with E-state index in [1.807, 2.05) is 24.3 Å². The molecule has 1 aromatic carbocycles. The second-order valence-corrected chi connectivity index (χ2v) is 4.10. The van der Waals surface area contributed by atoms with Crippen LogP contribution in [0.1, 0.15) is 5.82 Å². The van der Waals surface area contributed by atoms with Crippen molar-refractivity contribution in [3.05, 3.63) is 40.6 Å². The molecule has 0 saturated heterocycles. The summed E-state index contributed by atoms with van der Waals surface area (Å²) in [6, 6.07) is 7.42. The molecule has 2 aromatic rings. The summed E-state index contributed by atoms with van der Waals surface area (Å²) in [5.41, 5.74) is 0.483. The number of hydrogen-bond acceptors (Lipinski definition) is 5. The summed E-state index contributed by atoms with van der Waals surface area (Å²) in [5.74, 6) is 1.18. The molecule has 0 aliphatic rings. The van der Waals surface area contributed by atoms with Gasteiger partial charge in [0.1, 0.15) is 11.6 Å². The summed E-state index contributed by atoms with van der Waals surface area (Å²) < 4.78 is 5.10. The SMILES string of the molecule is COc1cccc(NCC(O)Cc2n[nH]c(=O)[nH]2)c1. The lowest BCUT2D eigenvalue weighted by atomic mass is 10.2. The molecule has 19 heavy (non-hydrogen) atoms. The molecule has 0 aliphatic heterocycles. The van der Waals surface area contributed by atoms with Crippen molar-refractivity contribution in [2.75, 3.05) is 19.0 Å². The number of H-pyrrole nitrogens is 2. The topological polar surface area (TPSA) is 103 Å². The number of ether oxygens (including phenoxy) is 1. The molecule has 1 atom stereocenters. The van der Waals surface area contributed by atoms with Gasteiger partial charge in [0, 0.05) is 24.7 Å². The second-order valence-electron chi connectivity index (χ2n) is 4.10. The first-order valence-electron chi connectivity index (χ1n) is 5.87. The molecule has 2 rings (SSSR count). The first-order chi connectivity index (χ1) is 9.17. The van der Waals surface area contributed by atoms with Gasteiger partial charge in [-0.1, -0.05) is 6.07 Å². The molecule has 0 radical (unpaired) electrons. The molecule has 1 heterocycles. The normalized spacial score (nSPS) is 12.1. The molecule has 7 nitrogen and oxygen atoms in total. The molecule has 1 unspecified atom stereocenters. The Bertz CT molecular complexity index is 578. The van der Waals surface area contributed by atoms with Crippen LogP contribution in [0.15, 0.2) is 29.1 Å². The van der Waals surface area contributed by atoms with Gasteiger partial charge >= 0.3 is 5.69 Å². The van der Waals surface area contributed by atoms with Crippen molar-refractivity contribution in [3.63, 3.8) is 0 Å². The maximum Gasteiger partial charge on any atom is 0.340 e. The van der Waals surface area contributed by atoms with E-state index in [2.05, 4.69) is 20.5 Å². The maximum atomic E-state index is 10.8. The Morgan fingerprint density at radius 3 is 3.05 bits per heavy atom. The number of nitrogens with one attached hydrogen (secondary N) is 3. The van der Waals surface area contributed by atoms with Crippen molar-refractivity contribution in [1.29, 1.82) is 0 Å². The van der Waals surface area contributed by atoms with E-state index in [9.17, 15) is 9.90 Å². The first-order valence-corrected chi connectivity index (χ1v) is 5.87. The maximum absolute atomic E-state index is 10.8. The van der Waals surface area contributed by atoms with E-state index in [4.69, 9.17) is 4.74 Å². The van der Waals surface area contributed by atoms with Crippen molar-refractivity contribution in [3.8, 4) is 5.75 Å². The standard InChI is InChI=1S/C12H16N4O3/c1-19-10-4-2-3-8(5-10)13-7-9(17)6-11-14-12(18)16-15-11/h2-5,9,13,17H,6-7H2,1H3,(H2,14,15,16,18). The highest BCUT2D eigenvalue weighted by molar-refractivity contribution is 5.48. The van der Waals surface area contributed by atoms with E-state index in [0.29, 0.717) is 12.4 Å². The smallest absolute Gasteiger partial charge is 0.340 e. The second kappa shape index (κ2) is 6.05. The highest BCUT2D eigenvalue weighted by Crippen LogP contribution is 2.16. The summed E-state index contributed by atoms with van der Waals surface area (Å²) in [7, 11) is 1.60. The average molecular weight is 264 g/mol. The number of aromatic amines is 2. The number of rotatable bonds is 6. The van der Waals surface area contributed by atoms with Crippen LogP contribution >= 0.6 is 0 Å². The zero-order valence-corrected chi connectivity index (χ0v) is 10.5. The first kappa shape index (κ1) is 13.2. The molecule has 0 saturated carbocycles. The molecule has 0 aliphatic carbocycles. The van der Waals surface area contributed by atoms with Gasteiger partial charge in [-0.25, -0.2) is 9.89 Å². The van der Waals surface area contributed by atoms with Crippen LogP contribution in [0.3, 0.4) is 0 Å². The van der Waals surface area contributed by atoms with E-state index in [1.54, 1.807) is 7.11 Å². The van der Waals surface area contributed by atoms with Crippen molar-refractivity contribution >= 4 is 5.69 Å². The van der Waals surface area contributed by atoms with Crippen LogP contribution in [0.5, 0.6) is 5.75 Å². The van der Waals surface area contributed by atoms with Crippen molar-refractivity contribution in [1.82, 2.24) is 15.2 Å². The molecule has 0 amide bonds. The third kappa shape index (κ3) is 3.85. The molecule has 0 spiro atoms. The number of aromatic nitrogens is 3. The van der Waals surface area contributed by atoms with Crippen LogP contribution < -0.4 is 15.7 Å². The Labute approximate surface area is 109 Å². The summed E-state index contributed by atoms with van der Waals surface area (Å²) in [6.07, 6.45) is -0.374. The van der Waals surface area contributed by atoms with Gasteiger partial charge < -0.3 is 15.2 Å². The summed E-state index contributed by atoms with van der Waals surface area (Å²) in [5, 5.41) is 18.9. The minimum atomic E-state index is -0.648. The number of aliphatic hydroxyl groups excluding tert-OH is 1. The lowest BCUT2D eigenvalue weighted by molar-refractivity contribution is 0.185. The zero-order chi connectivity index (χ0) is 13.7. The van der Waals surface area contributed by atoms with Crippen molar-refractivity contribution in [2.24, 2.45) is 0 Å². The Morgan fingerprint density at radius 2 is 2.37 bits per heavy atom. The number of hydrogen-bond donors (Lipinski definition) is 4. The predicted molar refractivity (Wildman–Crippen MR) is 70.4 cm³/mol. The third-order valence-electron chi connectivity index (χ3n) is 2.59. The lowest BCUT2D eigenvalue weighted by Crippen LogP contribution is -2.22. The molecule has 0 fully saturated rings. The Balaban J connectivity index is 1.85. The van der Waals surface area contributed by atoms with Crippen LogP contribution in [-0.2, 0) is 6.42 Å². The van der Waals surface area contributed by atoms with Gasteiger partial charge in [0.15, 0.2) is 0 Å². The Morgan fingerprint density at radius 1 is 1.53 bits per heavy atom. The molecule has 7 heteroatoms. The average Bonchev–Trinajstić information content (AvgIpc) is 2.82. The number of anilines is 1. The number of aliphatic hydroxyl groups is 1. The minimum absolute atomic E-state index is 0.274. The summed E-state index contributed by atoms with van der Waals surface area (Å²) >= 11 is 0. The number of methoxy groups -OCH3 is 1. The quantitative estimate of drug-likeness (QED) is 0.593. The van der Waals surface area contributed by atoms with Gasteiger partial charge in [-0.2, -0.15) is 5.10 Å². The van der Waals surface area contributed by atoms with Crippen LogP contribution in [0.4, 0.5) is 5.69 Å². The van der Waals surface area contributed by atoms with E-state index < -0.39 is 6.10 Å². The number of nitrogens with zero attached hydrogens (tertiary/aromatic N) is 1. The van der Waals surface area contributed by atoms with Crippen molar-refractivity contribution in [2.45, 2.75) is 12.5 Å². The van der Waals surface area contributed by atoms with Gasteiger partial charge in [-0.15, -0.1) is 0 Å². The van der Waals surface area contributed by atoms with Crippen LogP contribution in [-0.4, -0.2) is 40.0 Å². The molecular weight excluding hydrogens is 248 g/mol. The molecule has 4 N–H and O–H groups in total. The van der Waals surface area contributed by atoms with E-state index in [0.717, 1.165) is 11.4 Å². The molecular formula is C12H16N4O3. The molecule has 1 aromatic heterocycles. The van der Waals surface area contributed by atoms with E-state index in [1.165, 1.54) is 0 Å². The van der Waals surface area contributed by atoms with Gasteiger partial charge in [0.25, 0.3) is 0 Å². The van der Waals surface area contributed by atoms with Gasteiger partial charge in [-0.3, -0.25) is 4.98 Å². The summed E-state index contributed by atoms with van der Waals surface area (Å²) in [6.45, 7) is 0.349. The van der Waals surface area contributed by atoms with Crippen LogP contribution in [0.25, 0.3) is 0 Å².